The van der Waals surface area contributed by atoms with Crippen molar-refractivity contribution in [2.45, 2.75) is 13.3 Å². The maximum Gasteiger partial charge on any atom is 0.307 e. The molecule has 1 aromatic carbocycles. The summed E-state index contributed by atoms with van der Waals surface area (Å²) in [7, 11) is 0. The second kappa shape index (κ2) is 3.66. The molecule has 70 valence electrons. The lowest BCUT2D eigenvalue weighted by Gasteiger charge is -2.05. The van der Waals surface area contributed by atoms with Gasteiger partial charge in [0.25, 0.3) is 0 Å². The Kier molecular flexibility index (Phi) is 2.78. The highest BCUT2D eigenvalue weighted by Crippen LogP contribution is 2.22. The summed E-state index contributed by atoms with van der Waals surface area (Å²) in [6.07, 6.45) is -0.0914. The lowest BCUT2D eigenvalue weighted by atomic mass is 10.1. The number of nitrogens with two attached hydrogens (primary N) is 1. The van der Waals surface area contributed by atoms with Crippen LogP contribution in [0.2, 0.25) is 5.02 Å². The fourth-order valence-corrected chi connectivity index (χ4v) is 1.25. The third-order valence-electron chi connectivity index (χ3n) is 1.76. The number of carboxylic acids is 1. The van der Waals surface area contributed by atoms with Crippen LogP contribution >= 0.6 is 11.6 Å². The van der Waals surface area contributed by atoms with E-state index in [0.717, 1.165) is 5.56 Å². The number of carboxylic acid groups (broad SMARTS) is 1. The van der Waals surface area contributed by atoms with Crippen molar-refractivity contribution >= 4 is 23.3 Å². The number of aryl methyl sites for hydroxylation is 1. The topological polar surface area (TPSA) is 63.3 Å². The first-order valence-corrected chi connectivity index (χ1v) is 4.15. The summed E-state index contributed by atoms with van der Waals surface area (Å²) in [5.41, 5.74) is 7.51. The highest BCUT2D eigenvalue weighted by Gasteiger charge is 2.07. The van der Waals surface area contributed by atoms with Crippen LogP contribution in [-0.2, 0) is 11.2 Å². The van der Waals surface area contributed by atoms with Crippen LogP contribution in [0.4, 0.5) is 5.69 Å². The maximum atomic E-state index is 10.4. The third kappa shape index (κ3) is 2.36. The molecule has 0 heterocycles. The zero-order valence-electron chi connectivity index (χ0n) is 7.17. The Labute approximate surface area is 81.1 Å². The molecule has 3 nitrogen and oxygen atoms in total. The fraction of sp³-hybridized carbons (Fsp3) is 0.222. The van der Waals surface area contributed by atoms with Crippen molar-refractivity contribution in [2.24, 2.45) is 0 Å². The van der Waals surface area contributed by atoms with Crippen molar-refractivity contribution in [3.63, 3.8) is 0 Å². The van der Waals surface area contributed by atoms with E-state index in [1.807, 2.05) is 6.92 Å². The Balaban J connectivity index is 3.08. The Morgan fingerprint density at radius 2 is 2.23 bits per heavy atom. The number of hydrogen-bond acceptors (Lipinski definition) is 2. The molecule has 0 spiro atoms. The molecule has 0 aliphatic carbocycles. The molecule has 3 N–H and O–H groups in total. The van der Waals surface area contributed by atoms with Crippen molar-refractivity contribution < 1.29 is 9.90 Å². The molecule has 0 amide bonds. The highest BCUT2D eigenvalue weighted by atomic mass is 35.5. The molecule has 0 unspecified atom stereocenters. The average Bonchev–Trinajstić information content (AvgIpc) is 1.99. The van der Waals surface area contributed by atoms with E-state index < -0.39 is 5.97 Å². The highest BCUT2D eigenvalue weighted by molar-refractivity contribution is 6.31. The van der Waals surface area contributed by atoms with E-state index in [1.54, 1.807) is 12.1 Å². The predicted molar refractivity (Wildman–Crippen MR) is 51.9 cm³/mol. The average molecular weight is 200 g/mol. The van der Waals surface area contributed by atoms with Gasteiger partial charge in [0.15, 0.2) is 0 Å². The molecule has 13 heavy (non-hydrogen) atoms. The van der Waals surface area contributed by atoms with Crippen LogP contribution in [0.25, 0.3) is 0 Å². The van der Waals surface area contributed by atoms with Crippen LogP contribution in [0.5, 0.6) is 0 Å². The summed E-state index contributed by atoms with van der Waals surface area (Å²) in [5.74, 6) is -0.911. The van der Waals surface area contributed by atoms with Gasteiger partial charge in [0.05, 0.1) is 6.42 Å². The minimum absolute atomic E-state index is 0.0914. The summed E-state index contributed by atoms with van der Waals surface area (Å²) >= 11 is 5.82. The Hall–Kier alpha value is -1.22. The quantitative estimate of drug-likeness (QED) is 0.715. The predicted octanol–water partition coefficient (Wildman–Crippen LogP) is 1.86. The maximum absolute atomic E-state index is 10.4. The summed E-state index contributed by atoms with van der Waals surface area (Å²) in [4.78, 5) is 10.4. The lowest BCUT2D eigenvalue weighted by Crippen LogP contribution is -2.04. The van der Waals surface area contributed by atoms with Crippen LogP contribution in [0.1, 0.15) is 11.1 Å². The zero-order chi connectivity index (χ0) is 10.0. The third-order valence-corrected chi connectivity index (χ3v) is 2.17. The smallest absolute Gasteiger partial charge is 0.307 e. The van der Waals surface area contributed by atoms with Gasteiger partial charge in [0.2, 0.25) is 0 Å². The molecule has 4 heteroatoms. The van der Waals surface area contributed by atoms with Gasteiger partial charge in [-0.1, -0.05) is 11.6 Å². The number of nitrogen functional groups attached to an aromatic ring is 1. The number of hydrogen-bond donors (Lipinski definition) is 2. The summed E-state index contributed by atoms with van der Waals surface area (Å²) < 4.78 is 0. The number of rotatable bonds is 2. The van der Waals surface area contributed by atoms with E-state index in [4.69, 9.17) is 22.4 Å². The Morgan fingerprint density at radius 3 is 2.77 bits per heavy atom. The van der Waals surface area contributed by atoms with E-state index in [9.17, 15) is 4.79 Å². The molecular weight excluding hydrogens is 190 g/mol. The van der Waals surface area contributed by atoms with Gasteiger partial charge in [-0.2, -0.15) is 0 Å². The minimum atomic E-state index is -0.911. The normalized spacial score (nSPS) is 10.0. The summed E-state index contributed by atoms with van der Waals surface area (Å²) in [6, 6.07) is 3.28. The second-order valence-corrected chi connectivity index (χ2v) is 3.28. The van der Waals surface area contributed by atoms with Gasteiger partial charge < -0.3 is 10.8 Å². The Bertz CT molecular complexity index is 350. The van der Waals surface area contributed by atoms with Gasteiger partial charge in [-0.3, -0.25) is 4.79 Å². The lowest BCUT2D eigenvalue weighted by molar-refractivity contribution is -0.136. The SMILES string of the molecule is Cc1cc(N)c(CC(=O)O)cc1Cl. The molecule has 0 radical (unpaired) electrons. The molecule has 0 fully saturated rings. The number of anilines is 1. The van der Waals surface area contributed by atoms with Crippen molar-refractivity contribution in [1.29, 1.82) is 0 Å². The first-order valence-electron chi connectivity index (χ1n) is 3.77. The fourth-order valence-electron chi connectivity index (χ4n) is 1.06. The minimum Gasteiger partial charge on any atom is -0.481 e. The monoisotopic (exact) mass is 199 g/mol. The molecule has 0 saturated heterocycles. The number of carbonyl (C=O) groups is 1. The molecule has 0 aliphatic rings. The van der Waals surface area contributed by atoms with Crippen LogP contribution < -0.4 is 5.73 Å². The molecule has 0 aliphatic heterocycles. The summed E-state index contributed by atoms with van der Waals surface area (Å²) in [5, 5.41) is 9.10. The van der Waals surface area contributed by atoms with Crippen molar-refractivity contribution in [1.82, 2.24) is 0 Å². The van der Waals surface area contributed by atoms with Gasteiger partial charge >= 0.3 is 5.97 Å². The molecule has 0 saturated carbocycles. The van der Waals surface area contributed by atoms with E-state index >= 15 is 0 Å². The van der Waals surface area contributed by atoms with E-state index in [1.165, 1.54) is 0 Å². The first-order chi connectivity index (χ1) is 6.00. The van der Waals surface area contributed by atoms with Gasteiger partial charge in [-0.25, -0.2) is 0 Å². The molecule has 0 atom stereocenters. The van der Waals surface area contributed by atoms with E-state index in [0.29, 0.717) is 16.3 Å². The van der Waals surface area contributed by atoms with Crippen molar-refractivity contribution in [2.75, 3.05) is 5.73 Å². The number of halogens is 1. The van der Waals surface area contributed by atoms with Crippen LogP contribution in [0.15, 0.2) is 12.1 Å². The van der Waals surface area contributed by atoms with Crippen molar-refractivity contribution in [3.05, 3.63) is 28.3 Å². The van der Waals surface area contributed by atoms with E-state index in [-0.39, 0.29) is 6.42 Å². The van der Waals surface area contributed by atoms with Gasteiger partial charge in [0.1, 0.15) is 0 Å². The standard InChI is InChI=1S/C9H10ClNO2/c1-5-2-8(11)6(3-7(5)10)4-9(12)13/h2-3H,4,11H2,1H3,(H,12,13). The zero-order valence-corrected chi connectivity index (χ0v) is 7.93. The van der Waals surface area contributed by atoms with Crippen LogP contribution in [-0.4, -0.2) is 11.1 Å². The molecular formula is C9H10ClNO2. The molecule has 1 rings (SSSR count). The van der Waals surface area contributed by atoms with Crippen LogP contribution in [0.3, 0.4) is 0 Å². The first kappa shape index (κ1) is 9.86. The van der Waals surface area contributed by atoms with Gasteiger partial charge in [0, 0.05) is 10.7 Å². The molecule has 0 bridgehead atoms. The van der Waals surface area contributed by atoms with Crippen LogP contribution in [0, 0.1) is 6.92 Å². The Morgan fingerprint density at radius 1 is 1.62 bits per heavy atom. The number of aliphatic carboxylic acids is 1. The van der Waals surface area contributed by atoms with Gasteiger partial charge in [-0.15, -0.1) is 0 Å². The molecule has 1 aromatic rings. The number of benzene rings is 1. The van der Waals surface area contributed by atoms with Crippen molar-refractivity contribution in [3.8, 4) is 0 Å². The summed E-state index contributed by atoms with van der Waals surface area (Å²) in [6.45, 7) is 1.82. The largest absolute Gasteiger partial charge is 0.481 e. The van der Waals surface area contributed by atoms with Gasteiger partial charge in [-0.05, 0) is 30.2 Å². The van der Waals surface area contributed by atoms with E-state index in [2.05, 4.69) is 0 Å². The molecule has 0 aromatic heterocycles. The second-order valence-electron chi connectivity index (χ2n) is 2.87.